The first kappa shape index (κ1) is 9.20. The van der Waals surface area contributed by atoms with Gasteiger partial charge in [0.1, 0.15) is 0 Å². The van der Waals surface area contributed by atoms with Crippen LogP contribution in [-0.2, 0) is 10.2 Å². The van der Waals surface area contributed by atoms with Gasteiger partial charge >= 0.3 is 0 Å². The van der Waals surface area contributed by atoms with E-state index in [4.69, 9.17) is 0 Å². The summed E-state index contributed by atoms with van der Waals surface area (Å²) in [5.74, 6) is 0.223. The second-order valence-corrected chi connectivity index (χ2v) is 4.17. The fourth-order valence-corrected chi connectivity index (χ4v) is 1.87. The molecule has 0 bridgehead atoms. The van der Waals surface area contributed by atoms with E-state index >= 15 is 0 Å². The molecule has 0 amide bonds. The molecule has 0 aliphatic heterocycles. The maximum Gasteiger partial charge on any atom is 0.165 e. The number of benzene rings is 1. The van der Waals surface area contributed by atoms with Gasteiger partial charge in [0.05, 0.1) is 5.41 Å². The van der Waals surface area contributed by atoms with Crippen LogP contribution in [0.3, 0.4) is 0 Å². The molecule has 72 valence electrons. The number of allylic oxidation sites excluding steroid dienone is 2. The fraction of sp³-hybridized carbons (Fsp3) is 0.308. The van der Waals surface area contributed by atoms with E-state index < -0.39 is 0 Å². The van der Waals surface area contributed by atoms with Crippen molar-refractivity contribution >= 4 is 5.78 Å². The van der Waals surface area contributed by atoms with Crippen LogP contribution in [-0.4, -0.2) is 5.78 Å². The van der Waals surface area contributed by atoms with E-state index in [0.29, 0.717) is 0 Å². The van der Waals surface area contributed by atoms with Crippen molar-refractivity contribution < 1.29 is 4.79 Å². The van der Waals surface area contributed by atoms with Crippen LogP contribution in [0.4, 0.5) is 0 Å². The van der Waals surface area contributed by atoms with Gasteiger partial charge in [0.15, 0.2) is 5.78 Å². The predicted molar refractivity (Wildman–Crippen MR) is 57.3 cm³/mol. The van der Waals surface area contributed by atoms with E-state index in [2.05, 4.69) is 31.2 Å². The smallest absolute Gasteiger partial charge is 0.165 e. The van der Waals surface area contributed by atoms with Crippen molar-refractivity contribution in [3.8, 4) is 0 Å². The average molecular weight is 186 g/mol. The predicted octanol–water partition coefficient (Wildman–Crippen LogP) is 2.78. The first-order chi connectivity index (χ1) is 6.63. The van der Waals surface area contributed by atoms with E-state index in [9.17, 15) is 4.79 Å². The Kier molecular flexibility index (Phi) is 2.03. The van der Waals surface area contributed by atoms with Gasteiger partial charge < -0.3 is 0 Å². The highest BCUT2D eigenvalue weighted by molar-refractivity contribution is 6.01. The molecule has 0 radical (unpaired) electrons. The number of carbonyl (C=O) groups is 1. The zero-order valence-corrected chi connectivity index (χ0v) is 8.58. The minimum atomic E-state index is -0.312. The third kappa shape index (κ3) is 1.29. The van der Waals surface area contributed by atoms with Gasteiger partial charge in [-0.05, 0) is 31.9 Å². The van der Waals surface area contributed by atoms with Crippen molar-refractivity contribution in [3.63, 3.8) is 0 Å². The summed E-state index contributed by atoms with van der Waals surface area (Å²) in [7, 11) is 0. The lowest BCUT2D eigenvalue weighted by Gasteiger charge is -2.22. The monoisotopic (exact) mass is 186 g/mol. The zero-order valence-electron chi connectivity index (χ0n) is 8.58. The summed E-state index contributed by atoms with van der Waals surface area (Å²) in [5.41, 5.74) is 2.04. The van der Waals surface area contributed by atoms with Crippen LogP contribution in [0.25, 0.3) is 0 Å². The molecule has 0 fully saturated rings. The van der Waals surface area contributed by atoms with Crippen molar-refractivity contribution in [1.82, 2.24) is 0 Å². The fourth-order valence-electron chi connectivity index (χ4n) is 1.87. The highest BCUT2D eigenvalue weighted by Gasteiger charge is 2.35. The quantitative estimate of drug-likeness (QED) is 0.659. The number of carbonyl (C=O) groups excluding carboxylic acids is 1. The van der Waals surface area contributed by atoms with Gasteiger partial charge in [0.25, 0.3) is 0 Å². The van der Waals surface area contributed by atoms with Crippen LogP contribution in [0.1, 0.15) is 24.5 Å². The Morgan fingerprint density at radius 3 is 2.36 bits per heavy atom. The first-order valence-electron chi connectivity index (χ1n) is 4.91. The van der Waals surface area contributed by atoms with Crippen molar-refractivity contribution in [1.29, 1.82) is 0 Å². The van der Waals surface area contributed by atoms with Gasteiger partial charge in [-0.25, -0.2) is 0 Å². The molecule has 1 atom stereocenters. The van der Waals surface area contributed by atoms with Crippen molar-refractivity contribution in [2.24, 2.45) is 0 Å². The number of ketones is 1. The Morgan fingerprint density at radius 2 is 1.86 bits per heavy atom. The van der Waals surface area contributed by atoms with Gasteiger partial charge in [-0.2, -0.15) is 0 Å². The third-order valence-corrected chi connectivity index (χ3v) is 3.03. The Balaban J connectivity index is 2.40. The zero-order chi connectivity index (χ0) is 10.2. The van der Waals surface area contributed by atoms with Gasteiger partial charge in [-0.1, -0.05) is 35.9 Å². The van der Waals surface area contributed by atoms with E-state index in [1.165, 1.54) is 5.56 Å². The Bertz CT molecular complexity index is 386. The maximum absolute atomic E-state index is 11.7. The lowest BCUT2D eigenvalue weighted by atomic mass is 9.79. The van der Waals surface area contributed by atoms with Crippen LogP contribution < -0.4 is 0 Å². The van der Waals surface area contributed by atoms with Gasteiger partial charge in [0.2, 0.25) is 0 Å². The summed E-state index contributed by atoms with van der Waals surface area (Å²) in [6.07, 6.45) is 4.48. The number of aryl methyl sites for hydroxylation is 1. The van der Waals surface area contributed by atoms with Gasteiger partial charge in [0, 0.05) is 0 Å². The summed E-state index contributed by atoms with van der Waals surface area (Å²) in [6, 6.07) is 8.23. The molecule has 2 rings (SSSR count). The molecule has 1 aromatic rings. The van der Waals surface area contributed by atoms with Crippen LogP contribution in [0.2, 0.25) is 0 Å². The van der Waals surface area contributed by atoms with Crippen molar-refractivity contribution in [3.05, 3.63) is 47.5 Å². The molecule has 0 N–H and O–H groups in total. The summed E-state index contributed by atoms with van der Waals surface area (Å²) in [6.45, 7) is 4.07. The largest absolute Gasteiger partial charge is 0.294 e. The second kappa shape index (κ2) is 3.09. The minimum absolute atomic E-state index is 0.223. The van der Waals surface area contributed by atoms with Gasteiger partial charge in [-0.15, -0.1) is 0 Å². The molecule has 0 heterocycles. The molecule has 1 aromatic carbocycles. The highest BCUT2D eigenvalue weighted by Crippen LogP contribution is 2.33. The summed E-state index contributed by atoms with van der Waals surface area (Å²) < 4.78 is 0. The lowest BCUT2D eigenvalue weighted by molar-refractivity contribution is -0.118. The number of hydrogen-bond acceptors (Lipinski definition) is 1. The SMILES string of the molecule is Cc1ccc([C@]2(C)CC=CC2=O)cc1. The Hall–Kier alpha value is -1.37. The number of rotatable bonds is 1. The van der Waals surface area contributed by atoms with E-state index in [1.807, 2.05) is 13.0 Å². The molecule has 1 aliphatic rings. The molecule has 1 aliphatic carbocycles. The van der Waals surface area contributed by atoms with Crippen LogP contribution >= 0.6 is 0 Å². The molecule has 1 heteroatoms. The molecule has 0 unspecified atom stereocenters. The van der Waals surface area contributed by atoms with Crippen molar-refractivity contribution in [2.75, 3.05) is 0 Å². The van der Waals surface area contributed by atoms with Crippen LogP contribution in [0, 0.1) is 6.92 Å². The Morgan fingerprint density at radius 1 is 1.21 bits per heavy atom. The minimum Gasteiger partial charge on any atom is -0.294 e. The maximum atomic E-state index is 11.7. The Labute approximate surface area is 84.5 Å². The van der Waals surface area contributed by atoms with Crippen LogP contribution in [0.5, 0.6) is 0 Å². The third-order valence-electron chi connectivity index (χ3n) is 3.03. The van der Waals surface area contributed by atoms with Crippen LogP contribution in [0.15, 0.2) is 36.4 Å². The lowest BCUT2D eigenvalue weighted by Crippen LogP contribution is -2.27. The average Bonchev–Trinajstić information content (AvgIpc) is 2.49. The normalized spacial score (nSPS) is 25.7. The molecule has 0 aromatic heterocycles. The standard InChI is InChI=1S/C13H14O/c1-10-5-7-11(8-6-10)13(2)9-3-4-12(13)14/h3-8H,9H2,1-2H3/t13-/m0/s1. The molecule has 0 spiro atoms. The molecule has 1 nitrogen and oxygen atoms in total. The second-order valence-electron chi connectivity index (χ2n) is 4.17. The molecule has 0 saturated carbocycles. The summed E-state index contributed by atoms with van der Waals surface area (Å²) >= 11 is 0. The molecule has 14 heavy (non-hydrogen) atoms. The highest BCUT2D eigenvalue weighted by atomic mass is 16.1. The van der Waals surface area contributed by atoms with Gasteiger partial charge in [-0.3, -0.25) is 4.79 Å². The van der Waals surface area contributed by atoms with E-state index in [-0.39, 0.29) is 11.2 Å². The van der Waals surface area contributed by atoms with E-state index in [1.54, 1.807) is 6.08 Å². The summed E-state index contributed by atoms with van der Waals surface area (Å²) in [4.78, 5) is 11.7. The van der Waals surface area contributed by atoms with Crippen molar-refractivity contribution in [2.45, 2.75) is 25.7 Å². The first-order valence-corrected chi connectivity index (χ1v) is 4.91. The molecule has 0 saturated heterocycles. The number of hydrogen-bond donors (Lipinski definition) is 0. The topological polar surface area (TPSA) is 17.1 Å². The molecular weight excluding hydrogens is 172 g/mol. The molecular formula is C13H14O. The summed E-state index contributed by atoms with van der Waals surface area (Å²) in [5, 5.41) is 0. The van der Waals surface area contributed by atoms with E-state index in [0.717, 1.165) is 12.0 Å².